The van der Waals surface area contributed by atoms with Crippen LogP contribution in [0.5, 0.6) is 5.75 Å². The summed E-state index contributed by atoms with van der Waals surface area (Å²) in [7, 11) is 1.61. The molecule has 0 radical (unpaired) electrons. The summed E-state index contributed by atoms with van der Waals surface area (Å²) in [4.78, 5) is 25.2. The minimum Gasteiger partial charge on any atom is -0.496 e. The number of halogens is 1. The number of carboxylic acids is 1. The van der Waals surface area contributed by atoms with Gasteiger partial charge in [-0.25, -0.2) is 4.79 Å². The average Bonchev–Trinajstić information content (AvgIpc) is 2.76. The summed E-state index contributed by atoms with van der Waals surface area (Å²) >= 11 is 6.16. The fourth-order valence-electron chi connectivity index (χ4n) is 3.87. The largest absolute Gasteiger partial charge is 0.496 e. The second kappa shape index (κ2) is 10.2. The maximum atomic E-state index is 13.2. The van der Waals surface area contributed by atoms with Crippen molar-refractivity contribution in [3.8, 4) is 5.75 Å². The van der Waals surface area contributed by atoms with E-state index in [0.29, 0.717) is 34.0 Å². The van der Waals surface area contributed by atoms with Gasteiger partial charge in [-0.1, -0.05) is 48.0 Å². The van der Waals surface area contributed by atoms with E-state index in [2.05, 4.69) is 10.6 Å². The van der Waals surface area contributed by atoms with Crippen molar-refractivity contribution < 1.29 is 19.4 Å². The lowest BCUT2D eigenvalue weighted by Crippen LogP contribution is -2.34. The van der Waals surface area contributed by atoms with Crippen molar-refractivity contribution in [2.45, 2.75) is 26.2 Å². The molecule has 32 heavy (non-hydrogen) atoms. The molecule has 0 saturated heterocycles. The number of hydrogen-bond acceptors (Lipinski definition) is 4. The standard InChI is InChI=1S/C25H25ClN2O4/c1-15-21(24(29)27-13-7-10-17-8-4-5-12-20(17)32-3)23(18-9-6-11-19(26)14-18)22(25(30)31)16(2)28-15/h4-9,11-14,23,28H,10H2,1-3H3,(H,27,29)(H,30,31). The third-order valence-electron chi connectivity index (χ3n) is 5.28. The highest BCUT2D eigenvalue weighted by molar-refractivity contribution is 6.30. The third kappa shape index (κ3) is 5.03. The monoisotopic (exact) mass is 452 g/mol. The second-order valence-corrected chi connectivity index (χ2v) is 7.82. The van der Waals surface area contributed by atoms with Crippen molar-refractivity contribution in [1.29, 1.82) is 0 Å². The normalized spacial score (nSPS) is 16.2. The summed E-state index contributed by atoms with van der Waals surface area (Å²) in [6.45, 7) is 3.44. The first-order chi connectivity index (χ1) is 15.3. The van der Waals surface area contributed by atoms with Crippen molar-refractivity contribution in [2.24, 2.45) is 0 Å². The molecule has 1 aliphatic heterocycles. The molecule has 6 nitrogen and oxygen atoms in total. The van der Waals surface area contributed by atoms with Crippen molar-refractivity contribution in [3.05, 3.63) is 99.5 Å². The molecular weight excluding hydrogens is 428 g/mol. The molecule has 0 bridgehead atoms. The molecule has 7 heteroatoms. The van der Waals surface area contributed by atoms with Crippen LogP contribution in [0.15, 0.2) is 83.3 Å². The zero-order chi connectivity index (χ0) is 23.3. The summed E-state index contributed by atoms with van der Waals surface area (Å²) in [6, 6.07) is 14.6. The van der Waals surface area contributed by atoms with Crippen LogP contribution in [0.4, 0.5) is 0 Å². The topological polar surface area (TPSA) is 87.7 Å². The number of rotatable bonds is 7. The van der Waals surface area contributed by atoms with Crippen molar-refractivity contribution >= 4 is 23.5 Å². The van der Waals surface area contributed by atoms with Gasteiger partial charge < -0.3 is 20.5 Å². The summed E-state index contributed by atoms with van der Waals surface area (Å²) in [5.74, 6) is -1.46. The first-order valence-corrected chi connectivity index (χ1v) is 10.5. The molecule has 0 spiro atoms. The highest BCUT2D eigenvalue weighted by Crippen LogP contribution is 2.38. The van der Waals surface area contributed by atoms with E-state index in [9.17, 15) is 14.7 Å². The van der Waals surface area contributed by atoms with Crippen LogP contribution in [-0.4, -0.2) is 24.1 Å². The smallest absolute Gasteiger partial charge is 0.334 e. The molecule has 2 aromatic rings. The van der Waals surface area contributed by atoms with Crippen molar-refractivity contribution in [2.75, 3.05) is 7.11 Å². The number of methoxy groups -OCH3 is 1. The number of ether oxygens (including phenoxy) is 1. The van der Waals surface area contributed by atoms with Gasteiger partial charge in [0.25, 0.3) is 5.91 Å². The van der Waals surface area contributed by atoms with Crippen LogP contribution in [0.1, 0.15) is 30.9 Å². The Kier molecular flexibility index (Phi) is 7.38. The summed E-state index contributed by atoms with van der Waals surface area (Å²) in [6.07, 6.45) is 3.95. The molecule has 1 amide bonds. The molecule has 166 valence electrons. The number of benzene rings is 2. The maximum Gasteiger partial charge on any atom is 0.334 e. The summed E-state index contributed by atoms with van der Waals surface area (Å²) in [5, 5.41) is 16.1. The van der Waals surface area contributed by atoms with Gasteiger partial charge in [0.15, 0.2) is 0 Å². The predicted octanol–water partition coefficient (Wildman–Crippen LogP) is 4.54. The Labute approximate surface area is 192 Å². The average molecular weight is 453 g/mol. The number of dihydropyridines is 1. The van der Waals surface area contributed by atoms with Crippen LogP contribution >= 0.6 is 11.6 Å². The zero-order valence-electron chi connectivity index (χ0n) is 18.1. The van der Waals surface area contributed by atoms with E-state index in [0.717, 1.165) is 11.3 Å². The number of hydrogen-bond donors (Lipinski definition) is 3. The molecule has 1 unspecified atom stereocenters. The molecule has 1 heterocycles. The molecule has 0 aromatic heterocycles. The van der Waals surface area contributed by atoms with Gasteiger partial charge in [0, 0.05) is 28.2 Å². The number of carbonyl (C=O) groups excluding carboxylic acids is 1. The maximum absolute atomic E-state index is 13.2. The zero-order valence-corrected chi connectivity index (χ0v) is 18.9. The summed E-state index contributed by atoms with van der Waals surface area (Å²) in [5.41, 5.74) is 3.14. The Balaban J connectivity index is 1.87. The van der Waals surface area contributed by atoms with Gasteiger partial charge in [0.2, 0.25) is 0 Å². The van der Waals surface area contributed by atoms with E-state index in [-0.39, 0.29) is 11.5 Å². The lowest BCUT2D eigenvalue weighted by molar-refractivity contribution is -0.133. The third-order valence-corrected chi connectivity index (χ3v) is 5.52. The van der Waals surface area contributed by atoms with E-state index < -0.39 is 11.9 Å². The first-order valence-electron chi connectivity index (χ1n) is 10.1. The SMILES string of the molecule is COc1ccccc1CC=CNC(=O)C1=C(C)NC(C)=C(C(=O)O)C1c1cccc(Cl)c1. The second-order valence-electron chi connectivity index (χ2n) is 7.39. The fourth-order valence-corrected chi connectivity index (χ4v) is 4.07. The number of amides is 1. The fraction of sp³-hybridized carbons (Fsp3) is 0.200. The van der Waals surface area contributed by atoms with Gasteiger partial charge in [0.05, 0.1) is 18.6 Å². The van der Waals surface area contributed by atoms with E-state index in [1.54, 1.807) is 51.4 Å². The molecule has 0 saturated carbocycles. The lowest BCUT2D eigenvalue weighted by Gasteiger charge is -2.30. The van der Waals surface area contributed by atoms with Crippen LogP contribution in [0, 0.1) is 0 Å². The Morgan fingerprint density at radius 1 is 1.12 bits per heavy atom. The van der Waals surface area contributed by atoms with E-state index in [1.165, 1.54) is 0 Å². The van der Waals surface area contributed by atoms with E-state index >= 15 is 0 Å². The van der Waals surface area contributed by atoms with Gasteiger partial charge in [-0.05, 0) is 49.6 Å². The highest BCUT2D eigenvalue weighted by Gasteiger charge is 2.36. The molecule has 1 atom stereocenters. The van der Waals surface area contributed by atoms with Crippen LogP contribution in [-0.2, 0) is 16.0 Å². The number of aliphatic carboxylic acids is 1. The number of nitrogens with one attached hydrogen (secondary N) is 2. The molecule has 1 aliphatic rings. The van der Waals surface area contributed by atoms with Gasteiger partial charge in [-0.3, -0.25) is 4.79 Å². The Morgan fingerprint density at radius 3 is 2.53 bits per heavy atom. The summed E-state index contributed by atoms with van der Waals surface area (Å²) < 4.78 is 5.34. The lowest BCUT2D eigenvalue weighted by atomic mass is 9.80. The predicted molar refractivity (Wildman–Crippen MR) is 124 cm³/mol. The Morgan fingerprint density at radius 2 is 1.84 bits per heavy atom. The molecular formula is C25H25ClN2O4. The van der Waals surface area contributed by atoms with Crippen LogP contribution in [0.2, 0.25) is 5.02 Å². The first kappa shape index (κ1) is 23.2. The van der Waals surface area contributed by atoms with Crippen LogP contribution in [0.3, 0.4) is 0 Å². The molecule has 3 N–H and O–H groups in total. The van der Waals surface area contributed by atoms with Crippen molar-refractivity contribution in [1.82, 2.24) is 10.6 Å². The van der Waals surface area contributed by atoms with Gasteiger partial charge in [0.1, 0.15) is 5.75 Å². The number of carboxylic acid groups (broad SMARTS) is 1. The van der Waals surface area contributed by atoms with E-state index in [4.69, 9.17) is 16.3 Å². The van der Waals surface area contributed by atoms with Crippen molar-refractivity contribution in [3.63, 3.8) is 0 Å². The quantitative estimate of drug-likeness (QED) is 0.574. The Hall–Kier alpha value is -3.51. The van der Waals surface area contributed by atoms with Crippen LogP contribution < -0.4 is 15.4 Å². The highest BCUT2D eigenvalue weighted by atomic mass is 35.5. The number of para-hydroxylation sites is 1. The van der Waals surface area contributed by atoms with Crippen LogP contribution in [0.25, 0.3) is 0 Å². The minimum absolute atomic E-state index is 0.112. The number of allylic oxidation sites excluding steroid dienone is 3. The molecule has 2 aromatic carbocycles. The van der Waals surface area contributed by atoms with Gasteiger partial charge >= 0.3 is 5.97 Å². The van der Waals surface area contributed by atoms with E-state index in [1.807, 2.05) is 30.3 Å². The molecule has 3 rings (SSSR count). The molecule has 0 aliphatic carbocycles. The van der Waals surface area contributed by atoms with Gasteiger partial charge in [-0.15, -0.1) is 0 Å². The Bertz CT molecular complexity index is 1130. The number of carbonyl (C=O) groups is 2. The minimum atomic E-state index is -1.09. The molecule has 0 fully saturated rings. The van der Waals surface area contributed by atoms with Gasteiger partial charge in [-0.2, -0.15) is 0 Å².